The molecule has 0 heterocycles. The number of alkyl halides is 5. The van der Waals surface area contributed by atoms with Crippen LogP contribution in [0.2, 0.25) is 0 Å². The van der Waals surface area contributed by atoms with Crippen LogP contribution in [-0.4, -0.2) is 49.8 Å². The second-order valence-electron chi connectivity index (χ2n) is 3.38. The molecular weight excluding hydrogens is 313 g/mol. The third kappa shape index (κ3) is 3.88. The fraction of sp³-hybridized carbons (Fsp3) is 0.667. The first-order valence-corrected chi connectivity index (χ1v) is 6.59. The van der Waals surface area contributed by atoms with Gasteiger partial charge in [-0.05, 0) is 0 Å². The Morgan fingerprint density at radius 3 is 2.15 bits per heavy atom. The molecule has 0 aliphatic carbocycles. The summed E-state index contributed by atoms with van der Waals surface area (Å²) in [6, 6.07) is 0. The van der Waals surface area contributed by atoms with Crippen LogP contribution >= 0.6 is 0 Å². The van der Waals surface area contributed by atoms with E-state index in [9.17, 15) is 35.2 Å². The van der Waals surface area contributed by atoms with E-state index in [2.05, 4.69) is 11.3 Å². The number of halogens is 5. The maximum atomic E-state index is 12.9. The zero-order chi connectivity index (χ0) is 16.2. The lowest BCUT2D eigenvalue weighted by atomic mass is 10.6. The minimum Gasteiger partial charge on any atom is -0.461 e. The van der Waals surface area contributed by atoms with Gasteiger partial charge in [0.05, 0.1) is 0 Å². The molecule has 0 spiro atoms. The monoisotopic (exact) mass is 325 g/mol. The van der Waals surface area contributed by atoms with Gasteiger partial charge in [0.1, 0.15) is 6.61 Å². The van der Waals surface area contributed by atoms with E-state index in [0.717, 1.165) is 13.0 Å². The molecular formula is C9H12F5NO4S. The second-order valence-corrected chi connectivity index (χ2v) is 5.36. The molecule has 0 fully saturated rings. The average molecular weight is 325 g/mol. The molecule has 0 N–H and O–H groups in total. The normalized spacial score (nSPS) is 13.3. The summed E-state index contributed by atoms with van der Waals surface area (Å²) in [5, 5.41) is -5.92. The number of likely N-dealkylation sites (N-methyl/N-ethyl adjacent to an activating group) is 1. The standard InChI is InChI=1S/C9H12F5NO4S/c1-3-7(16)19-6-5-15(4-2)20(17,18)9(13,14)8(10,11)12/h3H,1,4-6H2,2H3. The fourth-order valence-corrected chi connectivity index (χ4v) is 2.34. The van der Waals surface area contributed by atoms with Crippen LogP contribution < -0.4 is 0 Å². The molecule has 0 aliphatic rings. The predicted octanol–water partition coefficient (Wildman–Crippen LogP) is 1.52. The fourth-order valence-electron chi connectivity index (χ4n) is 1.06. The molecule has 0 atom stereocenters. The van der Waals surface area contributed by atoms with Crippen LogP contribution in [0, 0.1) is 0 Å². The molecule has 0 radical (unpaired) electrons. The van der Waals surface area contributed by atoms with Gasteiger partial charge in [-0.3, -0.25) is 0 Å². The first kappa shape index (κ1) is 18.8. The lowest BCUT2D eigenvalue weighted by Crippen LogP contribution is -2.52. The largest absolute Gasteiger partial charge is 0.470 e. The number of rotatable bonds is 7. The van der Waals surface area contributed by atoms with Crippen LogP contribution in [0.25, 0.3) is 0 Å². The molecule has 118 valence electrons. The van der Waals surface area contributed by atoms with E-state index in [1.807, 2.05) is 0 Å². The highest BCUT2D eigenvalue weighted by Gasteiger charge is 2.68. The summed E-state index contributed by atoms with van der Waals surface area (Å²) in [4.78, 5) is 10.7. The summed E-state index contributed by atoms with van der Waals surface area (Å²) in [5.74, 6) is -0.957. The number of sulfonamides is 1. The summed E-state index contributed by atoms with van der Waals surface area (Å²) in [5.41, 5.74) is 0. The number of esters is 1. The number of hydrogen-bond donors (Lipinski definition) is 0. The van der Waals surface area contributed by atoms with Gasteiger partial charge in [-0.25, -0.2) is 13.2 Å². The van der Waals surface area contributed by atoms with Crippen LogP contribution in [0.4, 0.5) is 22.0 Å². The maximum Gasteiger partial charge on any atom is 0.470 e. The number of carbonyl (C=O) groups excluding carboxylic acids is 1. The van der Waals surface area contributed by atoms with Crippen molar-refractivity contribution in [3.8, 4) is 0 Å². The second kappa shape index (κ2) is 6.48. The Morgan fingerprint density at radius 2 is 1.80 bits per heavy atom. The van der Waals surface area contributed by atoms with Crippen molar-refractivity contribution in [2.45, 2.75) is 18.4 Å². The number of nitrogens with zero attached hydrogens (tertiary/aromatic N) is 1. The Morgan fingerprint density at radius 1 is 1.30 bits per heavy atom. The number of hydrogen-bond acceptors (Lipinski definition) is 4. The molecule has 20 heavy (non-hydrogen) atoms. The Balaban J connectivity index is 5.05. The Kier molecular flexibility index (Phi) is 6.08. The number of carbonyl (C=O) groups is 1. The molecule has 0 aliphatic heterocycles. The van der Waals surface area contributed by atoms with Crippen LogP contribution in [0.3, 0.4) is 0 Å². The molecule has 0 saturated carbocycles. The van der Waals surface area contributed by atoms with Gasteiger partial charge in [-0.1, -0.05) is 13.5 Å². The van der Waals surface area contributed by atoms with Gasteiger partial charge in [0.15, 0.2) is 0 Å². The SMILES string of the molecule is C=CC(=O)OCCN(CC)S(=O)(=O)C(F)(F)C(F)(F)F. The van der Waals surface area contributed by atoms with Crippen molar-refractivity contribution >= 4 is 16.0 Å². The van der Waals surface area contributed by atoms with E-state index in [1.165, 1.54) is 0 Å². The average Bonchev–Trinajstić information content (AvgIpc) is 2.32. The highest BCUT2D eigenvalue weighted by molar-refractivity contribution is 7.90. The molecule has 0 aromatic carbocycles. The van der Waals surface area contributed by atoms with Gasteiger partial charge in [-0.2, -0.15) is 26.3 Å². The summed E-state index contributed by atoms with van der Waals surface area (Å²) in [6.07, 6.45) is -5.51. The topological polar surface area (TPSA) is 63.7 Å². The molecule has 0 aromatic rings. The minimum atomic E-state index is -6.24. The van der Waals surface area contributed by atoms with Crippen LogP contribution in [0.5, 0.6) is 0 Å². The zero-order valence-electron chi connectivity index (χ0n) is 10.3. The molecule has 11 heteroatoms. The summed E-state index contributed by atoms with van der Waals surface area (Å²) >= 11 is 0. The smallest absolute Gasteiger partial charge is 0.461 e. The van der Waals surface area contributed by atoms with Gasteiger partial charge in [0, 0.05) is 19.2 Å². The number of ether oxygens (including phenoxy) is 1. The lowest BCUT2D eigenvalue weighted by molar-refractivity contribution is -0.242. The summed E-state index contributed by atoms with van der Waals surface area (Å²) in [7, 11) is -5.96. The molecule has 0 aromatic heterocycles. The third-order valence-corrected chi connectivity index (χ3v) is 4.10. The summed E-state index contributed by atoms with van der Waals surface area (Å²) < 4.78 is 88.8. The van der Waals surface area contributed by atoms with Crippen molar-refractivity contribution < 1.29 is 39.9 Å². The van der Waals surface area contributed by atoms with Crippen LogP contribution in [0.1, 0.15) is 6.92 Å². The molecule has 0 amide bonds. The molecule has 0 unspecified atom stereocenters. The Bertz CT molecular complexity index is 459. The molecule has 0 saturated heterocycles. The van der Waals surface area contributed by atoms with Crippen molar-refractivity contribution in [2.24, 2.45) is 0 Å². The van der Waals surface area contributed by atoms with Crippen molar-refractivity contribution in [3.63, 3.8) is 0 Å². The van der Waals surface area contributed by atoms with Crippen LogP contribution in [0.15, 0.2) is 12.7 Å². The Labute approximate surface area is 112 Å². The van der Waals surface area contributed by atoms with E-state index >= 15 is 0 Å². The molecule has 0 rings (SSSR count). The quantitative estimate of drug-likeness (QED) is 0.404. The van der Waals surface area contributed by atoms with Gasteiger partial charge in [-0.15, -0.1) is 0 Å². The third-order valence-electron chi connectivity index (χ3n) is 2.10. The zero-order valence-corrected chi connectivity index (χ0v) is 11.1. The van der Waals surface area contributed by atoms with Gasteiger partial charge < -0.3 is 4.74 Å². The van der Waals surface area contributed by atoms with Gasteiger partial charge >= 0.3 is 17.4 Å². The highest BCUT2D eigenvalue weighted by Crippen LogP contribution is 2.41. The van der Waals surface area contributed by atoms with Crippen molar-refractivity contribution in [1.82, 2.24) is 4.31 Å². The van der Waals surface area contributed by atoms with E-state index in [-0.39, 0.29) is 4.31 Å². The highest BCUT2D eigenvalue weighted by atomic mass is 32.2. The van der Waals surface area contributed by atoms with E-state index in [1.54, 1.807) is 0 Å². The molecule has 5 nitrogen and oxygen atoms in total. The predicted molar refractivity (Wildman–Crippen MR) is 58.3 cm³/mol. The lowest BCUT2D eigenvalue weighted by Gasteiger charge is -2.27. The Hall–Kier alpha value is -1.23. The van der Waals surface area contributed by atoms with Crippen molar-refractivity contribution in [3.05, 3.63) is 12.7 Å². The van der Waals surface area contributed by atoms with Gasteiger partial charge in [0.25, 0.3) is 10.0 Å². The van der Waals surface area contributed by atoms with E-state index < -0.39 is 47.1 Å². The molecule has 0 bridgehead atoms. The van der Waals surface area contributed by atoms with Crippen LogP contribution in [-0.2, 0) is 19.6 Å². The first-order valence-electron chi connectivity index (χ1n) is 5.15. The first-order chi connectivity index (χ1) is 8.91. The van der Waals surface area contributed by atoms with Gasteiger partial charge in [0.2, 0.25) is 0 Å². The van der Waals surface area contributed by atoms with Crippen molar-refractivity contribution in [2.75, 3.05) is 19.7 Å². The summed E-state index contributed by atoms with van der Waals surface area (Å²) in [6.45, 7) is 1.95. The van der Waals surface area contributed by atoms with E-state index in [4.69, 9.17) is 0 Å². The van der Waals surface area contributed by atoms with Crippen molar-refractivity contribution in [1.29, 1.82) is 0 Å². The minimum absolute atomic E-state index is 0.114. The maximum absolute atomic E-state index is 12.9. The van der Waals surface area contributed by atoms with E-state index in [0.29, 0.717) is 0 Å².